The summed E-state index contributed by atoms with van der Waals surface area (Å²) < 4.78 is 4.76. The van der Waals surface area contributed by atoms with Crippen LogP contribution in [0.2, 0.25) is 0 Å². The molecule has 1 saturated heterocycles. The Kier molecular flexibility index (Phi) is 8.91. The average Bonchev–Trinajstić information content (AvgIpc) is 2.66. The van der Waals surface area contributed by atoms with Crippen molar-refractivity contribution in [2.24, 2.45) is 11.8 Å². The summed E-state index contributed by atoms with van der Waals surface area (Å²) >= 11 is 0. The first kappa shape index (κ1) is 19.3. The van der Waals surface area contributed by atoms with Gasteiger partial charge in [-0.05, 0) is 24.1 Å². The summed E-state index contributed by atoms with van der Waals surface area (Å²) in [4.78, 5) is 21.2. The van der Waals surface area contributed by atoms with Crippen molar-refractivity contribution >= 4 is 11.8 Å². The van der Waals surface area contributed by atoms with Crippen LogP contribution < -0.4 is 4.74 Å². The molecule has 1 heterocycles. The average molecular weight is 350 g/mol. The Bertz CT molecular complexity index is 404. The predicted molar refractivity (Wildman–Crippen MR) is 73.5 cm³/mol. The number of carbonyl (C=O) groups excluding carboxylic acids is 2. The van der Waals surface area contributed by atoms with Crippen LogP contribution in [-0.4, -0.2) is 11.8 Å². The largest absolute Gasteiger partial charge is 0.665 e. The summed E-state index contributed by atoms with van der Waals surface area (Å²) in [6, 6.07) is 7.93. The number of carbonyl (C=O) groups is 2. The molecule has 1 aromatic carbocycles. The number of hydrogen-bond donors (Lipinski definition) is 0. The molecule has 1 radical (unpaired) electrons. The molecule has 1 aliphatic heterocycles. The van der Waals surface area contributed by atoms with Crippen LogP contribution in [-0.2, 0) is 48.7 Å². The zero-order valence-corrected chi connectivity index (χ0v) is 15.0. The second-order valence-corrected chi connectivity index (χ2v) is 4.51. The maximum absolute atomic E-state index is 10.6. The molecule has 107 valence electrons. The Morgan fingerprint density at radius 1 is 1.10 bits per heavy atom. The first-order valence-electron chi connectivity index (χ1n) is 6.30. The summed E-state index contributed by atoms with van der Waals surface area (Å²) in [5.41, 5.74) is 1.32. The van der Waals surface area contributed by atoms with Crippen molar-refractivity contribution in [2.75, 3.05) is 0 Å². The number of rotatable bonds is 2. The summed E-state index contributed by atoms with van der Waals surface area (Å²) in [5.74, 6) is -0.118. The van der Waals surface area contributed by atoms with Crippen LogP contribution in [0.25, 0.3) is 5.32 Å². The van der Waals surface area contributed by atoms with Gasteiger partial charge in [0.25, 0.3) is 0 Å². The van der Waals surface area contributed by atoms with Crippen molar-refractivity contribution in [3.8, 4) is 5.75 Å². The molecule has 2 amide bonds. The van der Waals surface area contributed by atoms with Gasteiger partial charge in [-0.2, -0.15) is 7.11 Å². The minimum atomic E-state index is -0.271. The molecule has 0 N–H and O–H groups in total. The van der Waals surface area contributed by atoms with E-state index in [4.69, 9.17) is 4.74 Å². The number of ether oxygens (including phenoxy) is 1. The number of amides is 2. The van der Waals surface area contributed by atoms with Crippen molar-refractivity contribution in [1.29, 1.82) is 0 Å². The van der Waals surface area contributed by atoms with E-state index in [0.29, 0.717) is 0 Å². The summed E-state index contributed by atoms with van der Waals surface area (Å²) in [6.45, 7) is 5.57. The number of imide groups is 1. The number of benzene rings is 1. The Hall–Kier alpha value is -0.736. The van der Waals surface area contributed by atoms with E-state index < -0.39 is 0 Å². The van der Waals surface area contributed by atoms with E-state index in [1.54, 1.807) is 13.8 Å². The van der Waals surface area contributed by atoms with Crippen LogP contribution in [0, 0.1) is 18.9 Å². The Balaban J connectivity index is 0.000000345. The first-order chi connectivity index (χ1) is 8.99. The predicted octanol–water partition coefficient (Wildman–Crippen LogP) is 3.12. The molecule has 5 heteroatoms. The zero-order valence-electron chi connectivity index (χ0n) is 12.1. The van der Waals surface area contributed by atoms with Gasteiger partial charge in [-0.25, -0.2) is 0 Å². The molecule has 0 saturated carbocycles. The third-order valence-electron chi connectivity index (χ3n) is 3.25. The molecular weight excluding hydrogens is 331 g/mol. The summed E-state index contributed by atoms with van der Waals surface area (Å²) in [6.07, 6.45) is 1.07. The van der Waals surface area contributed by atoms with Crippen molar-refractivity contribution < 1.29 is 47.0 Å². The normalized spacial score (nSPS) is 20.4. The van der Waals surface area contributed by atoms with Gasteiger partial charge in [0.2, 0.25) is 0 Å². The third kappa shape index (κ3) is 5.33. The molecular formula is C15H19NO3Y-2. The van der Waals surface area contributed by atoms with Crippen molar-refractivity contribution in [3.63, 3.8) is 0 Å². The standard InChI is InChI=1S/C9H11O.C6H9NO2.Y/c1-3-8-4-6-9(10-2)7-5-8;1-3-4(2)6(9)7-5(3)8;/h4-7H,2-3H2,1H3;3-4H,1-2H3,(H,7,8,9);/q-1;;/p-1. The summed E-state index contributed by atoms with van der Waals surface area (Å²) in [5, 5.41) is 3.27. The molecule has 1 fully saturated rings. The van der Waals surface area contributed by atoms with Gasteiger partial charge in [0.05, 0.1) is 17.6 Å². The van der Waals surface area contributed by atoms with E-state index in [2.05, 4.69) is 19.4 Å². The maximum Gasteiger partial charge on any atom is 0.0843 e. The van der Waals surface area contributed by atoms with E-state index in [1.807, 2.05) is 24.3 Å². The smallest absolute Gasteiger partial charge is 0.0843 e. The van der Waals surface area contributed by atoms with Crippen molar-refractivity contribution in [3.05, 3.63) is 42.3 Å². The minimum absolute atomic E-state index is 0. The molecule has 2 unspecified atom stereocenters. The molecule has 0 aromatic heterocycles. The van der Waals surface area contributed by atoms with Crippen molar-refractivity contribution in [1.82, 2.24) is 0 Å². The van der Waals surface area contributed by atoms with E-state index in [1.165, 1.54) is 5.56 Å². The van der Waals surface area contributed by atoms with Gasteiger partial charge >= 0.3 is 0 Å². The van der Waals surface area contributed by atoms with Gasteiger partial charge in [-0.3, -0.25) is 0 Å². The van der Waals surface area contributed by atoms with Gasteiger partial charge in [-0.15, -0.1) is 0 Å². The SMILES string of the molecule is CC1C(=O)[N-]C(=O)C1C.[CH2-]Oc1ccc(CC)cc1.[Y]. The number of hydrogen-bond acceptors (Lipinski definition) is 3. The van der Waals surface area contributed by atoms with Gasteiger partial charge in [0.1, 0.15) is 0 Å². The Labute approximate surface area is 145 Å². The van der Waals surface area contributed by atoms with Crippen LogP contribution in [0.1, 0.15) is 26.3 Å². The molecule has 2 rings (SSSR count). The number of aryl methyl sites for hydroxylation is 1. The molecule has 2 atom stereocenters. The zero-order chi connectivity index (χ0) is 14.4. The van der Waals surface area contributed by atoms with E-state index in [0.717, 1.165) is 12.2 Å². The topological polar surface area (TPSA) is 57.5 Å². The first-order valence-corrected chi connectivity index (χ1v) is 6.30. The van der Waals surface area contributed by atoms with Crippen molar-refractivity contribution in [2.45, 2.75) is 27.2 Å². The fourth-order valence-electron chi connectivity index (χ4n) is 1.56. The third-order valence-corrected chi connectivity index (χ3v) is 3.25. The van der Waals surface area contributed by atoms with E-state index in [9.17, 15) is 9.59 Å². The van der Waals surface area contributed by atoms with Crippen LogP contribution in [0.3, 0.4) is 0 Å². The molecule has 1 aliphatic rings. The molecule has 0 aliphatic carbocycles. The van der Waals surface area contributed by atoms with E-state index >= 15 is 0 Å². The maximum atomic E-state index is 10.6. The Morgan fingerprint density at radius 3 is 1.80 bits per heavy atom. The number of nitrogens with zero attached hydrogens (tertiary/aromatic N) is 1. The minimum Gasteiger partial charge on any atom is -0.665 e. The van der Waals surface area contributed by atoms with Crippen LogP contribution in [0.15, 0.2) is 24.3 Å². The van der Waals surface area contributed by atoms with Gasteiger partial charge in [-0.1, -0.05) is 32.9 Å². The van der Waals surface area contributed by atoms with Crippen LogP contribution >= 0.6 is 0 Å². The molecule has 1 aromatic rings. The molecule has 0 bridgehead atoms. The quantitative estimate of drug-likeness (QED) is 0.608. The van der Waals surface area contributed by atoms with Gasteiger partial charge in [0, 0.05) is 44.5 Å². The fraction of sp³-hybridized carbons (Fsp3) is 0.400. The van der Waals surface area contributed by atoms with Gasteiger partial charge in [0.15, 0.2) is 0 Å². The second-order valence-electron chi connectivity index (χ2n) is 4.51. The Morgan fingerprint density at radius 2 is 1.55 bits per heavy atom. The van der Waals surface area contributed by atoms with Crippen LogP contribution in [0.5, 0.6) is 5.75 Å². The van der Waals surface area contributed by atoms with E-state index in [-0.39, 0.29) is 56.4 Å². The molecule has 0 spiro atoms. The van der Waals surface area contributed by atoms with Gasteiger partial charge < -0.3 is 19.6 Å². The molecule has 4 nitrogen and oxygen atoms in total. The van der Waals surface area contributed by atoms with Crippen LogP contribution in [0.4, 0.5) is 0 Å². The summed E-state index contributed by atoms with van der Waals surface area (Å²) in [7, 11) is 3.31. The molecule has 20 heavy (non-hydrogen) atoms. The second kappa shape index (κ2) is 9.25. The fourth-order valence-corrected chi connectivity index (χ4v) is 1.56. The monoisotopic (exact) mass is 350 g/mol.